The van der Waals surface area contributed by atoms with Gasteiger partial charge in [-0.05, 0) is 48.4 Å². The fourth-order valence-electron chi connectivity index (χ4n) is 3.64. The van der Waals surface area contributed by atoms with Crippen molar-refractivity contribution >= 4 is 27.5 Å². The Hall–Kier alpha value is -3.50. The number of rotatable bonds is 10. The second-order valence-electron chi connectivity index (χ2n) is 8.30. The fourth-order valence-corrected chi connectivity index (χ4v) is 5.14. The Morgan fingerprint density at radius 2 is 1.74 bits per heavy atom. The van der Waals surface area contributed by atoms with Gasteiger partial charge in [-0.25, -0.2) is 13.1 Å². The molecular formula is C25H31N5O4S. The molecule has 2 amide bonds. The van der Waals surface area contributed by atoms with E-state index in [1.807, 2.05) is 19.9 Å². The number of carbonyl (C=O) groups excluding carboxylic acids is 2. The maximum atomic E-state index is 13.1. The molecule has 9 nitrogen and oxygen atoms in total. The lowest BCUT2D eigenvalue weighted by Crippen LogP contribution is -2.47. The van der Waals surface area contributed by atoms with Gasteiger partial charge in [0.25, 0.3) is 5.91 Å². The molecule has 0 aliphatic heterocycles. The first kappa shape index (κ1) is 26.1. The molecule has 186 valence electrons. The molecule has 2 aromatic carbocycles. The molecule has 0 aliphatic rings. The van der Waals surface area contributed by atoms with E-state index in [1.165, 1.54) is 28.6 Å². The summed E-state index contributed by atoms with van der Waals surface area (Å²) in [6.07, 6.45) is 3.46. The van der Waals surface area contributed by atoms with Gasteiger partial charge in [0, 0.05) is 36.7 Å². The highest BCUT2D eigenvalue weighted by atomic mass is 32.2. The molecule has 0 saturated carbocycles. The number of carbonyl (C=O) groups is 2. The zero-order valence-electron chi connectivity index (χ0n) is 20.3. The molecule has 0 aliphatic carbocycles. The van der Waals surface area contributed by atoms with Crippen molar-refractivity contribution in [1.29, 1.82) is 0 Å². The van der Waals surface area contributed by atoms with Gasteiger partial charge in [-0.15, -0.1) is 0 Å². The Bertz CT molecular complexity index is 1270. The van der Waals surface area contributed by atoms with E-state index in [4.69, 9.17) is 0 Å². The summed E-state index contributed by atoms with van der Waals surface area (Å²) < 4.78 is 28.7. The molecule has 0 fully saturated rings. The summed E-state index contributed by atoms with van der Waals surface area (Å²) in [7, 11) is -3.71. The van der Waals surface area contributed by atoms with Gasteiger partial charge < -0.3 is 10.6 Å². The van der Waals surface area contributed by atoms with Gasteiger partial charge in [-0.1, -0.05) is 39.8 Å². The molecule has 1 heterocycles. The number of aromatic nitrogens is 2. The molecule has 10 heteroatoms. The van der Waals surface area contributed by atoms with Gasteiger partial charge in [0.05, 0.1) is 10.6 Å². The highest BCUT2D eigenvalue weighted by Gasteiger charge is 2.27. The van der Waals surface area contributed by atoms with Crippen LogP contribution in [0.3, 0.4) is 0 Å². The number of nitrogens with zero attached hydrogens (tertiary/aromatic N) is 3. The van der Waals surface area contributed by atoms with Crippen molar-refractivity contribution in [2.45, 2.75) is 38.6 Å². The van der Waals surface area contributed by atoms with Crippen molar-refractivity contribution < 1.29 is 18.0 Å². The molecule has 3 rings (SSSR count). The lowest BCUT2D eigenvalue weighted by molar-refractivity contribution is -0.118. The molecule has 0 bridgehead atoms. The fraction of sp³-hybridized carbons (Fsp3) is 0.320. The molecule has 1 unspecified atom stereocenters. The molecule has 2 N–H and O–H groups in total. The first-order valence-corrected chi connectivity index (χ1v) is 12.9. The quantitative estimate of drug-likeness (QED) is 0.446. The molecule has 0 radical (unpaired) electrons. The van der Waals surface area contributed by atoms with Crippen LogP contribution in [-0.4, -0.2) is 53.4 Å². The van der Waals surface area contributed by atoms with Gasteiger partial charge in [-0.2, -0.15) is 9.40 Å². The van der Waals surface area contributed by atoms with Crippen molar-refractivity contribution in [2.75, 3.05) is 18.4 Å². The van der Waals surface area contributed by atoms with E-state index in [2.05, 4.69) is 15.7 Å². The third-order valence-corrected chi connectivity index (χ3v) is 7.60. The van der Waals surface area contributed by atoms with Crippen LogP contribution in [0.2, 0.25) is 0 Å². The van der Waals surface area contributed by atoms with Crippen molar-refractivity contribution in [2.24, 2.45) is 5.92 Å². The topological polar surface area (TPSA) is 113 Å². The molecule has 0 saturated heterocycles. The maximum absolute atomic E-state index is 13.1. The predicted octanol–water partition coefficient (Wildman–Crippen LogP) is 3.30. The first-order chi connectivity index (χ1) is 16.7. The average molecular weight is 498 g/mol. The van der Waals surface area contributed by atoms with Crippen LogP contribution in [0.25, 0.3) is 5.69 Å². The summed E-state index contributed by atoms with van der Waals surface area (Å²) in [5, 5.41) is 9.79. The molecule has 0 spiro atoms. The largest absolute Gasteiger partial charge is 0.340 e. The van der Waals surface area contributed by atoms with Gasteiger partial charge in [0.1, 0.15) is 6.04 Å². The van der Waals surface area contributed by atoms with Crippen LogP contribution in [0, 0.1) is 5.92 Å². The van der Waals surface area contributed by atoms with E-state index in [9.17, 15) is 18.0 Å². The Kier molecular flexibility index (Phi) is 8.42. The molecule has 1 atom stereocenters. The summed E-state index contributed by atoms with van der Waals surface area (Å²) >= 11 is 0. The highest BCUT2D eigenvalue weighted by molar-refractivity contribution is 7.89. The molecule has 3 aromatic rings. The minimum Gasteiger partial charge on any atom is -0.340 e. The zero-order chi connectivity index (χ0) is 25.6. The number of amides is 2. The summed E-state index contributed by atoms with van der Waals surface area (Å²) in [6.45, 7) is 7.82. The minimum absolute atomic E-state index is 0.0369. The van der Waals surface area contributed by atoms with Crippen LogP contribution in [0.15, 0.2) is 71.9 Å². The first-order valence-electron chi connectivity index (χ1n) is 11.5. The summed E-state index contributed by atoms with van der Waals surface area (Å²) in [4.78, 5) is 26.1. The smallest absolute Gasteiger partial charge is 0.251 e. The average Bonchev–Trinajstić information content (AvgIpc) is 3.38. The SMILES string of the molecule is CCN(CC)S(=O)(=O)c1cccc(C(=O)NC(C(=O)Nc2cccc(-n3cccn3)c2)C(C)C)c1. The van der Waals surface area contributed by atoms with Gasteiger partial charge in [-0.3, -0.25) is 9.59 Å². The van der Waals surface area contributed by atoms with E-state index in [1.54, 1.807) is 55.2 Å². The lowest BCUT2D eigenvalue weighted by atomic mass is 10.0. The number of benzene rings is 2. The van der Waals surface area contributed by atoms with Gasteiger partial charge >= 0.3 is 0 Å². The number of hydrogen-bond acceptors (Lipinski definition) is 5. The molecule has 35 heavy (non-hydrogen) atoms. The summed E-state index contributed by atoms with van der Waals surface area (Å²) in [5.41, 5.74) is 1.51. The third-order valence-electron chi connectivity index (χ3n) is 5.56. The maximum Gasteiger partial charge on any atom is 0.251 e. The van der Waals surface area contributed by atoms with Gasteiger partial charge in [0.2, 0.25) is 15.9 Å². The van der Waals surface area contributed by atoms with Gasteiger partial charge in [0.15, 0.2) is 0 Å². The Balaban J connectivity index is 1.77. The van der Waals surface area contributed by atoms with Crippen molar-refractivity contribution in [3.8, 4) is 5.69 Å². The van der Waals surface area contributed by atoms with Crippen LogP contribution in [-0.2, 0) is 14.8 Å². The number of nitrogens with one attached hydrogen (secondary N) is 2. The van der Waals surface area contributed by atoms with E-state index < -0.39 is 22.0 Å². The van der Waals surface area contributed by atoms with Crippen LogP contribution in [0.1, 0.15) is 38.1 Å². The van der Waals surface area contributed by atoms with E-state index in [0.29, 0.717) is 18.8 Å². The Morgan fingerprint density at radius 3 is 2.37 bits per heavy atom. The second-order valence-corrected chi connectivity index (χ2v) is 10.2. The minimum atomic E-state index is -3.71. The van der Waals surface area contributed by atoms with E-state index >= 15 is 0 Å². The number of hydrogen-bond donors (Lipinski definition) is 2. The molecule has 1 aromatic heterocycles. The summed E-state index contributed by atoms with van der Waals surface area (Å²) in [5.74, 6) is -1.12. The van der Waals surface area contributed by atoms with Crippen LogP contribution < -0.4 is 10.6 Å². The normalized spacial score (nSPS) is 12.5. The van der Waals surface area contributed by atoms with Crippen LogP contribution >= 0.6 is 0 Å². The second kappa shape index (κ2) is 11.3. The van der Waals surface area contributed by atoms with Crippen molar-refractivity contribution in [1.82, 2.24) is 19.4 Å². The molecular weight excluding hydrogens is 466 g/mol. The number of sulfonamides is 1. The van der Waals surface area contributed by atoms with Crippen molar-refractivity contribution in [3.05, 3.63) is 72.6 Å². The zero-order valence-corrected chi connectivity index (χ0v) is 21.1. The number of anilines is 1. The third kappa shape index (κ3) is 6.14. The Labute approximate surface area is 206 Å². The highest BCUT2D eigenvalue weighted by Crippen LogP contribution is 2.18. The van der Waals surface area contributed by atoms with E-state index in [-0.39, 0.29) is 22.3 Å². The Morgan fingerprint density at radius 1 is 1.03 bits per heavy atom. The summed E-state index contributed by atoms with van der Waals surface area (Å²) in [6, 6.07) is 14.0. The van der Waals surface area contributed by atoms with Crippen LogP contribution in [0.4, 0.5) is 5.69 Å². The van der Waals surface area contributed by atoms with Crippen LogP contribution in [0.5, 0.6) is 0 Å². The van der Waals surface area contributed by atoms with Crippen molar-refractivity contribution in [3.63, 3.8) is 0 Å². The lowest BCUT2D eigenvalue weighted by Gasteiger charge is -2.22. The standard InChI is InChI=1S/C25H31N5O4S/c1-5-29(6-2)35(33,34)22-13-7-10-19(16-22)24(31)28-23(18(3)4)25(32)27-20-11-8-12-21(17-20)30-15-9-14-26-30/h7-18,23H,5-6H2,1-4H3,(H,27,32)(H,28,31). The predicted molar refractivity (Wildman–Crippen MR) is 135 cm³/mol. The monoisotopic (exact) mass is 497 g/mol. The van der Waals surface area contributed by atoms with E-state index in [0.717, 1.165) is 5.69 Å².